The Morgan fingerprint density at radius 1 is 1.33 bits per heavy atom. The van der Waals surface area contributed by atoms with Crippen molar-refractivity contribution in [3.8, 4) is 5.75 Å². The number of benzene rings is 1. The van der Waals surface area contributed by atoms with E-state index in [4.69, 9.17) is 4.74 Å². The minimum atomic E-state index is 0.753. The summed E-state index contributed by atoms with van der Waals surface area (Å²) in [4.78, 5) is 2.27. The molecule has 3 nitrogen and oxygen atoms in total. The van der Waals surface area contributed by atoms with E-state index in [9.17, 15) is 0 Å². The molecule has 1 fully saturated rings. The Morgan fingerprint density at radius 2 is 2.11 bits per heavy atom. The quantitative estimate of drug-likeness (QED) is 0.837. The third-order valence-electron chi connectivity index (χ3n) is 3.73. The predicted octanol–water partition coefficient (Wildman–Crippen LogP) is 2.66. The Balaban J connectivity index is 1.77. The van der Waals surface area contributed by atoms with Crippen LogP contribution in [0.25, 0.3) is 0 Å². The molecule has 1 aromatic rings. The fourth-order valence-electron chi connectivity index (χ4n) is 2.54. The molecule has 100 valence electrons. The van der Waals surface area contributed by atoms with E-state index in [1.807, 2.05) is 12.1 Å². The van der Waals surface area contributed by atoms with E-state index >= 15 is 0 Å². The van der Waals surface area contributed by atoms with Crippen LogP contribution in [0.15, 0.2) is 24.3 Å². The largest absolute Gasteiger partial charge is 0.497 e. The number of methoxy groups -OCH3 is 1. The zero-order chi connectivity index (χ0) is 12.8. The van der Waals surface area contributed by atoms with E-state index in [2.05, 4.69) is 29.4 Å². The Morgan fingerprint density at radius 3 is 2.83 bits per heavy atom. The van der Waals surface area contributed by atoms with Crippen LogP contribution < -0.4 is 15.0 Å². The SMILES string of the molecule is COc1cccc(N(C)CCNC2CCCC2)c1. The van der Waals surface area contributed by atoms with Crippen LogP contribution >= 0.6 is 0 Å². The van der Waals surface area contributed by atoms with Crippen molar-refractivity contribution in [2.75, 3.05) is 32.1 Å². The van der Waals surface area contributed by atoms with Gasteiger partial charge in [-0.25, -0.2) is 0 Å². The maximum Gasteiger partial charge on any atom is 0.120 e. The summed E-state index contributed by atoms with van der Waals surface area (Å²) in [7, 11) is 3.84. The molecule has 0 atom stereocenters. The third kappa shape index (κ3) is 3.64. The predicted molar refractivity (Wildman–Crippen MR) is 76.5 cm³/mol. The van der Waals surface area contributed by atoms with Crippen LogP contribution in [0.3, 0.4) is 0 Å². The van der Waals surface area contributed by atoms with Gasteiger partial charge in [0.25, 0.3) is 0 Å². The van der Waals surface area contributed by atoms with Crippen LogP contribution in [-0.4, -0.2) is 33.3 Å². The molecule has 2 rings (SSSR count). The van der Waals surface area contributed by atoms with Crippen molar-refractivity contribution < 1.29 is 4.74 Å². The van der Waals surface area contributed by atoms with Gasteiger partial charge in [0.15, 0.2) is 0 Å². The summed E-state index contributed by atoms with van der Waals surface area (Å²) in [6, 6.07) is 8.97. The molecule has 1 N–H and O–H groups in total. The second kappa shape index (κ2) is 6.64. The van der Waals surface area contributed by atoms with Crippen LogP contribution in [0.2, 0.25) is 0 Å². The standard InChI is InChI=1S/C15H24N2O/c1-17(11-10-16-13-6-3-4-7-13)14-8-5-9-15(12-14)18-2/h5,8-9,12-13,16H,3-4,6-7,10-11H2,1-2H3. The molecule has 0 unspecified atom stereocenters. The number of hydrogen-bond donors (Lipinski definition) is 1. The molecule has 1 aromatic carbocycles. The first kappa shape index (κ1) is 13.2. The zero-order valence-corrected chi connectivity index (χ0v) is 11.5. The van der Waals surface area contributed by atoms with Crippen molar-refractivity contribution in [1.82, 2.24) is 5.32 Å². The van der Waals surface area contributed by atoms with E-state index in [1.54, 1.807) is 7.11 Å². The summed E-state index contributed by atoms with van der Waals surface area (Å²) in [5, 5.41) is 3.64. The summed E-state index contributed by atoms with van der Waals surface area (Å²) in [6.07, 6.45) is 5.48. The van der Waals surface area contributed by atoms with Crippen molar-refractivity contribution >= 4 is 5.69 Å². The van der Waals surface area contributed by atoms with Gasteiger partial charge in [0.2, 0.25) is 0 Å². The summed E-state index contributed by atoms with van der Waals surface area (Å²) in [5.41, 5.74) is 1.21. The first-order chi connectivity index (χ1) is 8.79. The summed E-state index contributed by atoms with van der Waals surface area (Å²) in [6.45, 7) is 2.09. The maximum absolute atomic E-state index is 5.25. The lowest BCUT2D eigenvalue weighted by molar-refractivity contribution is 0.415. The first-order valence-electron chi connectivity index (χ1n) is 6.88. The van der Waals surface area contributed by atoms with Gasteiger partial charge in [0, 0.05) is 37.9 Å². The molecule has 1 aliphatic rings. The third-order valence-corrected chi connectivity index (χ3v) is 3.73. The number of likely N-dealkylation sites (N-methyl/N-ethyl adjacent to an activating group) is 1. The Kier molecular flexibility index (Phi) is 4.88. The zero-order valence-electron chi connectivity index (χ0n) is 11.5. The van der Waals surface area contributed by atoms with Gasteiger partial charge in [0.1, 0.15) is 5.75 Å². The fourth-order valence-corrected chi connectivity index (χ4v) is 2.54. The van der Waals surface area contributed by atoms with Gasteiger partial charge in [-0.1, -0.05) is 18.9 Å². The minimum absolute atomic E-state index is 0.753. The molecule has 0 aromatic heterocycles. The fraction of sp³-hybridized carbons (Fsp3) is 0.600. The van der Waals surface area contributed by atoms with E-state index in [0.717, 1.165) is 24.9 Å². The molecule has 0 saturated heterocycles. The second-order valence-corrected chi connectivity index (χ2v) is 5.06. The van der Waals surface area contributed by atoms with Gasteiger partial charge in [-0.05, 0) is 25.0 Å². The number of rotatable bonds is 6. The second-order valence-electron chi connectivity index (χ2n) is 5.06. The normalized spacial score (nSPS) is 15.9. The molecule has 1 aliphatic carbocycles. The molecule has 0 heterocycles. The monoisotopic (exact) mass is 248 g/mol. The average molecular weight is 248 g/mol. The smallest absolute Gasteiger partial charge is 0.120 e. The Labute approximate surface area is 110 Å². The van der Waals surface area contributed by atoms with Gasteiger partial charge in [-0.3, -0.25) is 0 Å². The van der Waals surface area contributed by atoms with Crippen LogP contribution in [0.1, 0.15) is 25.7 Å². The highest BCUT2D eigenvalue weighted by Gasteiger charge is 2.13. The molecule has 0 radical (unpaired) electrons. The number of hydrogen-bond acceptors (Lipinski definition) is 3. The number of nitrogens with one attached hydrogen (secondary N) is 1. The van der Waals surface area contributed by atoms with Crippen molar-refractivity contribution in [1.29, 1.82) is 0 Å². The highest BCUT2D eigenvalue weighted by molar-refractivity contribution is 5.50. The van der Waals surface area contributed by atoms with Gasteiger partial charge in [-0.2, -0.15) is 0 Å². The molecule has 0 aliphatic heterocycles. The maximum atomic E-state index is 5.25. The van der Waals surface area contributed by atoms with Crippen molar-refractivity contribution in [3.63, 3.8) is 0 Å². The van der Waals surface area contributed by atoms with E-state index in [-0.39, 0.29) is 0 Å². The minimum Gasteiger partial charge on any atom is -0.497 e. The lowest BCUT2D eigenvalue weighted by atomic mass is 10.2. The van der Waals surface area contributed by atoms with Gasteiger partial charge < -0.3 is 15.0 Å². The molecule has 0 spiro atoms. The van der Waals surface area contributed by atoms with Crippen molar-refractivity contribution in [3.05, 3.63) is 24.3 Å². The summed E-state index contributed by atoms with van der Waals surface area (Å²) < 4.78 is 5.25. The molecular weight excluding hydrogens is 224 g/mol. The van der Waals surface area contributed by atoms with Crippen molar-refractivity contribution in [2.24, 2.45) is 0 Å². The van der Waals surface area contributed by atoms with Gasteiger partial charge in [0.05, 0.1) is 7.11 Å². The highest BCUT2D eigenvalue weighted by Crippen LogP contribution is 2.20. The molecule has 0 amide bonds. The van der Waals surface area contributed by atoms with E-state index in [0.29, 0.717) is 0 Å². The molecule has 0 bridgehead atoms. The van der Waals surface area contributed by atoms with Crippen LogP contribution in [0.5, 0.6) is 5.75 Å². The van der Waals surface area contributed by atoms with Gasteiger partial charge in [-0.15, -0.1) is 0 Å². The van der Waals surface area contributed by atoms with Crippen LogP contribution in [0.4, 0.5) is 5.69 Å². The Hall–Kier alpha value is -1.22. The average Bonchev–Trinajstić information content (AvgIpc) is 2.92. The number of nitrogens with zero attached hydrogens (tertiary/aromatic N) is 1. The van der Waals surface area contributed by atoms with E-state index < -0.39 is 0 Å². The molecular formula is C15H24N2O. The molecule has 3 heteroatoms. The highest BCUT2D eigenvalue weighted by atomic mass is 16.5. The topological polar surface area (TPSA) is 24.5 Å². The molecule has 1 saturated carbocycles. The van der Waals surface area contributed by atoms with Crippen LogP contribution in [0, 0.1) is 0 Å². The summed E-state index contributed by atoms with van der Waals surface area (Å²) in [5.74, 6) is 0.920. The summed E-state index contributed by atoms with van der Waals surface area (Å²) >= 11 is 0. The van der Waals surface area contributed by atoms with E-state index in [1.165, 1.54) is 31.4 Å². The molecule has 18 heavy (non-hydrogen) atoms. The Bertz CT molecular complexity index is 361. The lowest BCUT2D eigenvalue weighted by Crippen LogP contribution is -2.34. The van der Waals surface area contributed by atoms with Gasteiger partial charge >= 0.3 is 0 Å². The van der Waals surface area contributed by atoms with Crippen molar-refractivity contribution in [2.45, 2.75) is 31.7 Å². The van der Waals surface area contributed by atoms with Crippen LogP contribution in [-0.2, 0) is 0 Å². The first-order valence-corrected chi connectivity index (χ1v) is 6.88. The lowest BCUT2D eigenvalue weighted by Gasteiger charge is -2.21. The number of anilines is 1. The number of ether oxygens (including phenoxy) is 1.